The first-order valence-electron chi connectivity index (χ1n) is 4.11. The number of ether oxygens (including phenoxy) is 1. The molecule has 1 amide bonds. The number of nitrogens with zero attached hydrogens (tertiary/aromatic N) is 1. The lowest BCUT2D eigenvalue weighted by Gasteiger charge is -2.06. The van der Waals surface area contributed by atoms with Gasteiger partial charge in [-0.05, 0) is 5.92 Å². The predicted molar refractivity (Wildman–Crippen MR) is 48.4 cm³/mol. The molecule has 5 heteroatoms. The van der Waals surface area contributed by atoms with E-state index in [2.05, 4.69) is 15.3 Å². The number of amides is 1. The fraction of sp³-hybridized carbons (Fsp3) is 0.500. The summed E-state index contributed by atoms with van der Waals surface area (Å²) in [6.07, 6.45) is 2.69. The maximum absolute atomic E-state index is 11.0. The molecular weight excluding hydrogens is 170 g/mol. The zero-order valence-corrected chi connectivity index (χ0v) is 7.70. The Hall–Kier alpha value is -1.52. The van der Waals surface area contributed by atoms with Crippen molar-refractivity contribution >= 4 is 12.0 Å². The number of rotatable bonds is 3. The Morgan fingerprint density at radius 3 is 3.08 bits per heavy atom. The molecule has 1 heterocycles. The summed E-state index contributed by atoms with van der Waals surface area (Å²) < 4.78 is 4.87. The zero-order chi connectivity index (χ0) is 9.68. The first-order valence-corrected chi connectivity index (χ1v) is 4.11. The van der Waals surface area contributed by atoms with E-state index in [1.807, 2.05) is 13.8 Å². The number of imidazole rings is 1. The fourth-order valence-electron chi connectivity index (χ4n) is 0.709. The van der Waals surface area contributed by atoms with Crippen molar-refractivity contribution in [2.75, 3.05) is 11.9 Å². The number of aromatic amines is 1. The van der Waals surface area contributed by atoms with E-state index < -0.39 is 6.09 Å². The number of hydrogen-bond acceptors (Lipinski definition) is 3. The molecule has 0 saturated carbocycles. The number of carbonyl (C=O) groups excluding carboxylic acids is 1. The molecule has 5 nitrogen and oxygen atoms in total. The van der Waals surface area contributed by atoms with Gasteiger partial charge in [-0.3, -0.25) is 5.32 Å². The van der Waals surface area contributed by atoms with Gasteiger partial charge in [0.15, 0.2) is 0 Å². The van der Waals surface area contributed by atoms with Crippen LogP contribution in [0.25, 0.3) is 0 Å². The molecule has 13 heavy (non-hydrogen) atoms. The number of hydrogen-bond donors (Lipinski definition) is 2. The first-order chi connectivity index (χ1) is 6.18. The molecule has 0 aliphatic rings. The number of H-pyrrole nitrogens is 1. The van der Waals surface area contributed by atoms with Gasteiger partial charge in [-0.1, -0.05) is 13.8 Å². The van der Waals surface area contributed by atoms with Crippen molar-refractivity contribution in [1.82, 2.24) is 9.97 Å². The highest BCUT2D eigenvalue weighted by Crippen LogP contribution is 1.98. The van der Waals surface area contributed by atoms with E-state index in [9.17, 15) is 4.79 Å². The Bertz CT molecular complexity index is 256. The molecule has 72 valence electrons. The lowest BCUT2D eigenvalue weighted by Crippen LogP contribution is -2.17. The lowest BCUT2D eigenvalue weighted by molar-refractivity contribution is 0.147. The average Bonchev–Trinajstić information content (AvgIpc) is 2.53. The summed E-state index contributed by atoms with van der Waals surface area (Å²) in [4.78, 5) is 17.6. The molecule has 0 aromatic carbocycles. The minimum Gasteiger partial charge on any atom is -0.449 e. The van der Waals surface area contributed by atoms with E-state index in [4.69, 9.17) is 4.74 Å². The molecule has 0 atom stereocenters. The summed E-state index contributed by atoms with van der Waals surface area (Å²) in [7, 11) is 0. The van der Waals surface area contributed by atoms with Crippen molar-refractivity contribution in [3.63, 3.8) is 0 Å². The quantitative estimate of drug-likeness (QED) is 0.748. The molecule has 2 N–H and O–H groups in total. The standard InChI is InChI=1S/C8H13N3O2/c1-6(2)5-13-8(12)11-7-9-3-4-10-7/h3-4,6H,5H2,1-2H3,(H2,9,10,11,12). The summed E-state index contributed by atoms with van der Waals surface area (Å²) in [5, 5.41) is 2.45. The average molecular weight is 183 g/mol. The summed E-state index contributed by atoms with van der Waals surface area (Å²) in [6.45, 7) is 4.35. The third-order valence-corrected chi connectivity index (χ3v) is 1.27. The van der Waals surface area contributed by atoms with E-state index in [-0.39, 0.29) is 0 Å². The van der Waals surface area contributed by atoms with Gasteiger partial charge in [0.1, 0.15) is 0 Å². The third kappa shape index (κ3) is 3.59. The second kappa shape index (κ2) is 4.49. The number of anilines is 1. The minimum atomic E-state index is -0.483. The van der Waals surface area contributed by atoms with Gasteiger partial charge in [0.25, 0.3) is 0 Å². The molecule has 0 radical (unpaired) electrons. The highest BCUT2D eigenvalue weighted by molar-refractivity contribution is 5.82. The Labute approximate surface area is 76.5 Å². The van der Waals surface area contributed by atoms with E-state index in [1.165, 1.54) is 0 Å². The van der Waals surface area contributed by atoms with Crippen molar-refractivity contribution in [1.29, 1.82) is 0 Å². The van der Waals surface area contributed by atoms with Crippen LogP contribution >= 0.6 is 0 Å². The fourth-order valence-corrected chi connectivity index (χ4v) is 0.709. The molecule has 1 aromatic heterocycles. The molecule has 0 bridgehead atoms. The molecule has 0 unspecified atom stereocenters. The molecule has 0 fully saturated rings. The lowest BCUT2D eigenvalue weighted by atomic mass is 10.2. The molecular formula is C8H13N3O2. The second-order valence-electron chi connectivity index (χ2n) is 3.06. The normalized spacial score (nSPS) is 10.1. The van der Waals surface area contributed by atoms with Gasteiger partial charge in [0.05, 0.1) is 6.61 Å². The van der Waals surface area contributed by atoms with Crippen LogP contribution in [-0.2, 0) is 4.74 Å². The maximum Gasteiger partial charge on any atom is 0.413 e. The molecule has 1 rings (SSSR count). The van der Waals surface area contributed by atoms with Crippen LogP contribution in [-0.4, -0.2) is 22.7 Å². The number of carbonyl (C=O) groups is 1. The minimum absolute atomic E-state index is 0.336. The van der Waals surface area contributed by atoms with Crippen LogP contribution in [0.2, 0.25) is 0 Å². The molecule has 1 aromatic rings. The topological polar surface area (TPSA) is 67.0 Å². The molecule has 0 saturated heterocycles. The van der Waals surface area contributed by atoms with Gasteiger partial charge >= 0.3 is 6.09 Å². The van der Waals surface area contributed by atoms with Crippen LogP contribution in [0.4, 0.5) is 10.7 Å². The van der Waals surface area contributed by atoms with Crippen LogP contribution in [0.1, 0.15) is 13.8 Å². The van der Waals surface area contributed by atoms with Crippen molar-refractivity contribution in [3.8, 4) is 0 Å². The van der Waals surface area contributed by atoms with Crippen molar-refractivity contribution in [2.45, 2.75) is 13.8 Å². The maximum atomic E-state index is 11.0. The Morgan fingerprint density at radius 2 is 2.54 bits per heavy atom. The summed E-state index contributed by atoms with van der Waals surface area (Å²) in [5.74, 6) is 0.733. The first kappa shape index (κ1) is 9.57. The highest BCUT2D eigenvalue weighted by atomic mass is 16.5. The van der Waals surface area contributed by atoms with Crippen LogP contribution in [0.15, 0.2) is 12.4 Å². The molecule has 0 aliphatic carbocycles. The van der Waals surface area contributed by atoms with Crippen LogP contribution < -0.4 is 5.32 Å². The van der Waals surface area contributed by atoms with Crippen molar-refractivity contribution in [3.05, 3.63) is 12.4 Å². The van der Waals surface area contributed by atoms with Gasteiger partial charge < -0.3 is 9.72 Å². The largest absolute Gasteiger partial charge is 0.449 e. The second-order valence-corrected chi connectivity index (χ2v) is 3.06. The van der Waals surface area contributed by atoms with Gasteiger partial charge in [0.2, 0.25) is 5.95 Å². The van der Waals surface area contributed by atoms with Gasteiger partial charge in [-0.15, -0.1) is 0 Å². The zero-order valence-electron chi connectivity index (χ0n) is 7.70. The molecule has 0 aliphatic heterocycles. The van der Waals surface area contributed by atoms with Gasteiger partial charge in [-0.25, -0.2) is 9.78 Å². The Balaban J connectivity index is 2.26. The number of aromatic nitrogens is 2. The summed E-state index contributed by atoms with van der Waals surface area (Å²) >= 11 is 0. The van der Waals surface area contributed by atoms with E-state index in [1.54, 1.807) is 12.4 Å². The summed E-state index contributed by atoms with van der Waals surface area (Å²) in [6, 6.07) is 0. The summed E-state index contributed by atoms with van der Waals surface area (Å²) in [5.41, 5.74) is 0. The monoisotopic (exact) mass is 183 g/mol. The SMILES string of the molecule is CC(C)COC(=O)Nc1ncc[nH]1. The third-order valence-electron chi connectivity index (χ3n) is 1.27. The van der Waals surface area contributed by atoms with Gasteiger partial charge in [0, 0.05) is 12.4 Å². The van der Waals surface area contributed by atoms with Gasteiger partial charge in [-0.2, -0.15) is 0 Å². The Kier molecular flexibility index (Phi) is 3.31. The predicted octanol–water partition coefficient (Wildman–Crippen LogP) is 1.61. The van der Waals surface area contributed by atoms with E-state index in [0.29, 0.717) is 18.5 Å². The van der Waals surface area contributed by atoms with Crippen LogP contribution in [0.3, 0.4) is 0 Å². The smallest absolute Gasteiger partial charge is 0.413 e. The van der Waals surface area contributed by atoms with E-state index in [0.717, 1.165) is 0 Å². The highest BCUT2D eigenvalue weighted by Gasteiger charge is 2.04. The van der Waals surface area contributed by atoms with Crippen LogP contribution in [0.5, 0.6) is 0 Å². The Morgan fingerprint density at radius 1 is 1.77 bits per heavy atom. The van der Waals surface area contributed by atoms with E-state index >= 15 is 0 Å². The number of nitrogens with one attached hydrogen (secondary N) is 2. The van der Waals surface area contributed by atoms with Crippen molar-refractivity contribution < 1.29 is 9.53 Å². The van der Waals surface area contributed by atoms with Crippen molar-refractivity contribution in [2.24, 2.45) is 5.92 Å². The molecule has 0 spiro atoms. The van der Waals surface area contributed by atoms with Crippen LogP contribution in [0, 0.1) is 5.92 Å².